The monoisotopic (exact) mass is 229 g/mol. The molecule has 0 aliphatic carbocycles. The van der Waals surface area contributed by atoms with Gasteiger partial charge >= 0.3 is 74.0 Å². The van der Waals surface area contributed by atoms with Crippen molar-refractivity contribution < 1.29 is 0 Å². The summed E-state index contributed by atoms with van der Waals surface area (Å²) in [4.78, 5) is 0. The Morgan fingerprint density at radius 2 is 2.00 bits per heavy atom. The molecule has 0 N–H and O–H groups in total. The Morgan fingerprint density at radius 3 is 2.56 bits per heavy atom. The maximum atomic E-state index is 2.46. The molecule has 0 aromatic heterocycles. The second kappa shape index (κ2) is 8.87. The molecule has 0 saturated carbocycles. The van der Waals surface area contributed by atoms with Crippen LogP contribution < -0.4 is 0 Å². The van der Waals surface area contributed by atoms with Crippen molar-refractivity contribution in [3.05, 3.63) is 6.42 Å². The summed E-state index contributed by atoms with van der Waals surface area (Å²) >= 11 is 0.939. The Bertz CT molecular complexity index is 37.8. The number of hydrogen-bond acceptors (Lipinski definition) is 0. The van der Waals surface area contributed by atoms with Gasteiger partial charge in [-0.15, -0.1) is 0 Å². The second-order valence-corrected chi connectivity index (χ2v) is 5.43. The van der Waals surface area contributed by atoms with E-state index >= 15 is 0 Å². The standard InChI is InChI=1S/C8H16.In.2H/c1-3-5-7-8-6-4-2;;;/h5H,1,3-4,6-8H2,2H3;;;. The molecule has 0 rings (SSSR count). The molecule has 0 bridgehead atoms. The van der Waals surface area contributed by atoms with Gasteiger partial charge in [0.15, 0.2) is 0 Å². The zero-order chi connectivity index (χ0) is 6.95. The van der Waals surface area contributed by atoms with Crippen LogP contribution in [0.4, 0.5) is 0 Å². The molecule has 0 aromatic carbocycles. The van der Waals surface area contributed by atoms with Crippen LogP contribution in [0.2, 0.25) is 4.18 Å². The van der Waals surface area contributed by atoms with Gasteiger partial charge in [0.2, 0.25) is 0 Å². The maximum absolute atomic E-state index is 2.46. The molecule has 0 unspecified atom stereocenters. The fourth-order valence-electron chi connectivity index (χ4n) is 0.887. The Hall–Kier alpha value is 0.870. The Morgan fingerprint density at radius 1 is 1.22 bits per heavy atom. The molecule has 1 radical (unpaired) electrons. The number of unbranched alkanes of at least 4 members (excludes halogenated alkanes) is 5. The van der Waals surface area contributed by atoms with E-state index in [2.05, 4.69) is 13.3 Å². The van der Waals surface area contributed by atoms with E-state index in [1.807, 2.05) is 0 Å². The first kappa shape index (κ1) is 9.87. The zero-order valence-corrected chi connectivity index (χ0v) is 12.5. The quantitative estimate of drug-likeness (QED) is 0.612. The van der Waals surface area contributed by atoms with Crippen molar-refractivity contribution in [3.8, 4) is 0 Å². The van der Waals surface area contributed by atoms with E-state index in [4.69, 9.17) is 0 Å². The van der Waals surface area contributed by atoms with Gasteiger partial charge in [-0.3, -0.25) is 0 Å². The molecule has 0 nitrogen and oxygen atoms in total. The van der Waals surface area contributed by atoms with Crippen LogP contribution in [0.1, 0.15) is 39.0 Å². The van der Waals surface area contributed by atoms with Gasteiger partial charge in [-0.05, 0) is 0 Å². The fourth-order valence-corrected chi connectivity index (χ4v) is 2.05. The van der Waals surface area contributed by atoms with E-state index in [1.165, 1.54) is 36.3 Å². The topological polar surface area (TPSA) is 0 Å². The van der Waals surface area contributed by atoms with Crippen LogP contribution in [0.5, 0.6) is 0 Å². The van der Waals surface area contributed by atoms with Crippen LogP contribution in [0.3, 0.4) is 0 Å². The molecule has 0 saturated heterocycles. The molecule has 0 spiro atoms. The van der Waals surface area contributed by atoms with Crippen molar-refractivity contribution in [2.24, 2.45) is 0 Å². The van der Waals surface area contributed by atoms with Gasteiger partial charge in [0.25, 0.3) is 0 Å². The predicted molar refractivity (Wildman–Crippen MR) is 46.4 cm³/mol. The van der Waals surface area contributed by atoms with Gasteiger partial charge in [0.1, 0.15) is 0 Å². The summed E-state index contributed by atoms with van der Waals surface area (Å²) in [6.45, 7) is 2.26. The average molecular weight is 229 g/mol. The van der Waals surface area contributed by atoms with Gasteiger partial charge in [-0.2, -0.15) is 0 Å². The zero-order valence-electron chi connectivity index (χ0n) is 6.82. The third-order valence-electron chi connectivity index (χ3n) is 1.50. The normalized spacial score (nSPS) is 9.89. The van der Waals surface area contributed by atoms with Crippen LogP contribution >= 0.6 is 0 Å². The second-order valence-electron chi connectivity index (χ2n) is 2.57. The molecule has 0 aromatic rings. The predicted octanol–water partition coefficient (Wildman–Crippen LogP) is 2.21. The van der Waals surface area contributed by atoms with Crippen LogP contribution in [0, 0.1) is 6.42 Å². The fraction of sp³-hybridized carbons (Fsp3) is 0.875. The van der Waals surface area contributed by atoms with E-state index in [9.17, 15) is 0 Å². The van der Waals surface area contributed by atoms with Crippen LogP contribution in [0.15, 0.2) is 0 Å². The Balaban J connectivity index is 2.60. The van der Waals surface area contributed by atoms with E-state index < -0.39 is 0 Å². The third-order valence-corrected chi connectivity index (χ3v) is 3.15. The van der Waals surface area contributed by atoms with E-state index in [-0.39, 0.29) is 0 Å². The number of hydrogen-bond donors (Lipinski definition) is 0. The van der Waals surface area contributed by atoms with Gasteiger partial charge in [-0.25, -0.2) is 0 Å². The summed E-state index contributed by atoms with van der Waals surface area (Å²) in [5.74, 6) is 0. The molecular weight excluding hydrogens is 211 g/mol. The first-order valence-corrected chi connectivity index (χ1v) is 8.27. The van der Waals surface area contributed by atoms with Crippen molar-refractivity contribution in [2.75, 3.05) is 0 Å². The van der Waals surface area contributed by atoms with E-state index in [1.54, 1.807) is 0 Å². The van der Waals surface area contributed by atoms with Crippen molar-refractivity contribution in [2.45, 2.75) is 43.2 Å². The molecule has 0 atom stereocenters. The Labute approximate surface area is 74.0 Å². The van der Waals surface area contributed by atoms with Crippen molar-refractivity contribution in [1.82, 2.24) is 0 Å². The summed E-state index contributed by atoms with van der Waals surface area (Å²) in [5.41, 5.74) is 0. The first-order valence-electron chi connectivity index (χ1n) is 4.23. The van der Waals surface area contributed by atoms with Gasteiger partial charge in [-0.1, -0.05) is 0 Å². The van der Waals surface area contributed by atoms with Crippen LogP contribution in [0.25, 0.3) is 0 Å². The Kier molecular flexibility index (Phi) is 9.73. The minimum atomic E-state index is 0.939. The van der Waals surface area contributed by atoms with Gasteiger partial charge in [0.05, 0.1) is 0 Å². The van der Waals surface area contributed by atoms with Crippen molar-refractivity contribution >= 4 is 24.4 Å². The first-order chi connectivity index (χ1) is 4.41. The van der Waals surface area contributed by atoms with Gasteiger partial charge < -0.3 is 0 Å². The summed E-state index contributed by atoms with van der Waals surface area (Å²) in [5, 5.41) is 0. The molecule has 0 amide bonds. The molecule has 0 fully saturated rings. The third kappa shape index (κ3) is 8.87. The van der Waals surface area contributed by atoms with Crippen LogP contribution in [-0.2, 0) is 0 Å². The van der Waals surface area contributed by atoms with E-state index in [0.29, 0.717) is 0 Å². The van der Waals surface area contributed by atoms with Crippen molar-refractivity contribution in [1.29, 1.82) is 0 Å². The molecule has 0 aliphatic rings. The SMILES string of the molecule is CCCCC[CH]C[CH2][InH2]. The molecule has 1 heteroatoms. The van der Waals surface area contributed by atoms with E-state index in [0.717, 1.165) is 24.4 Å². The summed E-state index contributed by atoms with van der Waals surface area (Å²) in [6.07, 6.45) is 9.44. The molecule has 53 valence electrons. The molecule has 9 heavy (non-hydrogen) atoms. The summed E-state index contributed by atoms with van der Waals surface area (Å²) < 4.78 is 1.52. The molecule has 0 heterocycles. The minimum absolute atomic E-state index is 0.939. The van der Waals surface area contributed by atoms with Crippen molar-refractivity contribution in [3.63, 3.8) is 0 Å². The van der Waals surface area contributed by atoms with Gasteiger partial charge in [0, 0.05) is 0 Å². The average Bonchev–Trinajstić information content (AvgIpc) is 1.89. The molecule has 0 aliphatic heterocycles. The number of rotatable bonds is 6. The summed E-state index contributed by atoms with van der Waals surface area (Å²) in [6, 6.07) is 0. The van der Waals surface area contributed by atoms with Crippen LogP contribution in [-0.4, -0.2) is 24.4 Å². The molecular formula is C8H18In. The summed E-state index contributed by atoms with van der Waals surface area (Å²) in [7, 11) is 0.